The fourth-order valence-corrected chi connectivity index (χ4v) is 2.21. The lowest BCUT2D eigenvalue weighted by Crippen LogP contribution is -2.21. The molecule has 0 spiro atoms. The molecule has 0 radical (unpaired) electrons. The average Bonchev–Trinajstić information content (AvgIpc) is 2.26. The maximum absolute atomic E-state index is 10.5. The van der Waals surface area contributed by atoms with E-state index in [2.05, 4.69) is 30.8 Å². The Hall–Kier alpha value is -1.60. The number of aliphatic hydroxyl groups is 1. The summed E-state index contributed by atoms with van der Waals surface area (Å²) < 4.78 is 0. The predicted molar refractivity (Wildman–Crippen MR) is 72.9 cm³/mol. The second-order valence-corrected chi connectivity index (χ2v) is 4.97. The van der Waals surface area contributed by atoms with E-state index in [1.54, 1.807) is 0 Å². The molecule has 17 heavy (non-hydrogen) atoms. The van der Waals surface area contributed by atoms with Crippen molar-refractivity contribution in [3.63, 3.8) is 0 Å². The fraction of sp³-hybridized carbons (Fsp3) is 0.250. The predicted octanol–water partition coefficient (Wildman–Crippen LogP) is 4.01. The average molecular weight is 226 g/mol. The number of fused-ring (bicyclic) bond motifs is 1. The van der Waals surface area contributed by atoms with Crippen LogP contribution in [0.2, 0.25) is 0 Å². The summed E-state index contributed by atoms with van der Waals surface area (Å²) in [6, 6.07) is 14.3. The van der Waals surface area contributed by atoms with Crippen molar-refractivity contribution in [3.8, 4) is 0 Å². The van der Waals surface area contributed by atoms with Crippen molar-refractivity contribution < 1.29 is 5.11 Å². The summed E-state index contributed by atoms with van der Waals surface area (Å²) >= 11 is 0. The molecule has 0 aliphatic carbocycles. The normalized spacial score (nSPS) is 14.5. The first-order valence-corrected chi connectivity index (χ1v) is 5.85. The number of benzene rings is 2. The van der Waals surface area contributed by atoms with Crippen molar-refractivity contribution in [1.82, 2.24) is 0 Å². The van der Waals surface area contributed by atoms with Crippen molar-refractivity contribution in [3.05, 3.63) is 60.2 Å². The summed E-state index contributed by atoms with van der Waals surface area (Å²) in [7, 11) is 0. The van der Waals surface area contributed by atoms with E-state index in [0.29, 0.717) is 6.42 Å². The zero-order valence-electron chi connectivity index (χ0n) is 10.4. The van der Waals surface area contributed by atoms with Crippen LogP contribution < -0.4 is 0 Å². The third-order valence-electron chi connectivity index (χ3n) is 3.02. The first kappa shape index (κ1) is 11.9. The molecule has 2 rings (SSSR count). The molecule has 2 aromatic carbocycles. The zero-order chi connectivity index (χ0) is 12.5. The van der Waals surface area contributed by atoms with Gasteiger partial charge in [-0.1, -0.05) is 42.0 Å². The molecular formula is C16H18O. The Morgan fingerprint density at radius 2 is 1.82 bits per heavy atom. The van der Waals surface area contributed by atoms with Gasteiger partial charge >= 0.3 is 0 Å². The molecule has 1 heteroatoms. The van der Waals surface area contributed by atoms with Gasteiger partial charge < -0.3 is 5.11 Å². The van der Waals surface area contributed by atoms with E-state index in [1.165, 1.54) is 5.39 Å². The monoisotopic (exact) mass is 226 g/mol. The summed E-state index contributed by atoms with van der Waals surface area (Å²) in [6.07, 6.45) is 0.589. The van der Waals surface area contributed by atoms with Gasteiger partial charge in [0.15, 0.2) is 0 Å². The van der Waals surface area contributed by atoms with E-state index in [1.807, 2.05) is 32.0 Å². The molecule has 0 saturated heterocycles. The van der Waals surface area contributed by atoms with Gasteiger partial charge in [0.2, 0.25) is 0 Å². The molecule has 0 aliphatic rings. The van der Waals surface area contributed by atoms with Crippen LogP contribution >= 0.6 is 0 Å². The van der Waals surface area contributed by atoms with Crippen LogP contribution in [0.1, 0.15) is 25.8 Å². The zero-order valence-corrected chi connectivity index (χ0v) is 10.4. The number of rotatable bonds is 3. The van der Waals surface area contributed by atoms with Crippen LogP contribution in [0.3, 0.4) is 0 Å². The topological polar surface area (TPSA) is 20.2 Å². The second kappa shape index (κ2) is 4.34. The van der Waals surface area contributed by atoms with Gasteiger partial charge in [-0.15, -0.1) is 6.58 Å². The Morgan fingerprint density at radius 3 is 2.47 bits per heavy atom. The minimum atomic E-state index is -0.837. The van der Waals surface area contributed by atoms with E-state index < -0.39 is 5.60 Å². The molecule has 0 bridgehead atoms. The Balaban J connectivity index is 2.45. The van der Waals surface area contributed by atoms with E-state index >= 15 is 0 Å². The Morgan fingerprint density at radius 1 is 1.18 bits per heavy atom. The summed E-state index contributed by atoms with van der Waals surface area (Å²) in [5.41, 5.74) is 1.10. The largest absolute Gasteiger partial charge is 0.385 e. The molecule has 88 valence electrons. The van der Waals surface area contributed by atoms with Gasteiger partial charge in [0, 0.05) is 6.42 Å². The van der Waals surface area contributed by atoms with Crippen molar-refractivity contribution >= 4 is 10.8 Å². The van der Waals surface area contributed by atoms with Gasteiger partial charge in [-0.2, -0.15) is 0 Å². The molecule has 0 heterocycles. The van der Waals surface area contributed by atoms with Crippen LogP contribution in [0.25, 0.3) is 10.8 Å². The minimum absolute atomic E-state index is 0.589. The lowest BCUT2D eigenvalue weighted by molar-refractivity contribution is 0.0579. The van der Waals surface area contributed by atoms with Crippen LogP contribution in [-0.4, -0.2) is 5.11 Å². The molecule has 1 nitrogen and oxygen atoms in total. The van der Waals surface area contributed by atoms with Gasteiger partial charge in [-0.3, -0.25) is 0 Å². The van der Waals surface area contributed by atoms with Gasteiger partial charge in [0.1, 0.15) is 0 Å². The number of hydrogen-bond donors (Lipinski definition) is 1. The number of hydrogen-bond acceptors (Lipinski definition) is 1. The lowest BCUT2D eigenvalue weighted by Gasteiger charge is -2.24. The van der Waals surface area contributed by atoms with Crippen LogP contribution in [-0.2, 0) is 5.60 Å². The molecule has 2 aromatic rings. The van der Waals surface area contributed by atoms with Gasteiger partial charge in [0.05, 0.1) is 5.60 Å². The van der Waals surface area contributed by atoms with Gasteiger partial charge in [-0.05, 0) is 36.2 Å². The smallest absolute Gasteiger partial charge is 0.0905 e. The Kier molecular flexibility index (Phi) is 3.03. The van der Waals surface area contributed by atoms with Crippen molar-refractivity contribution in [2.75, 3.05) is 0 Å². The first-order valence-electron chi connectivity index (χ1n) is 5.85. The van der Waals surface area contributed by atoms with E-state index in [-0.39, 0.29) is 0 Å². The van der Waals surface area contributed by atoms with E-state index in [4.69, 9.17) is 0 Å². The molecule has 0 aliphatic heterocycles. The molecule has 0 aromatic heterocycles. The molecule has 1 N–H and O–H groups in total. The van der Waals surface area contributed by atoms with Crippen LogP contribution in [0.5, 0.6) is 0 Å². The standard InChI is InChI=1S/C16H18O/c1-12(2)11-16(3,17)15-9-8-13-6-4-5-7-14(13)10-15/h4-10,17H,1,11H2,2-3H3/t16-/m0/s1. The highest BCUT2D eigenvalue weighted by atomic mass is 16.3. The van der Waals surface area contributed by atoms with Crippen LogP contribution in [0.15, 0.2) is 54.6 Å². The maximum atomic E-state index is 10.5. The third kappa shape index (κ3) is 2.56. The Bertz CT molecular complexity index is 552. The van der Waals surface area contributed by atoms with Gasteiger partial charge in [-0.25, -0.2) is 0 Å². The molecular weight excluding hydrogens is 208 g/mol. The highest BCUT2D eigenvalue weighted by Gasteiger charge is 2.22. The van der Waals surface area contributed by atoms with Crippen molar-refractivity contribution in [2.24, 2.45) is 0 Å². The molecule has 0 saturated carbocycles. The van der Waals surface area contributed by atoms with Crippen LogP contribution in [0.4, 0.5) is 0 Å². The third-order valence-corrected chi connectivity index (χ3v) is 3.02. The van der Waals surface area contributed by atoms with Crippen molar-refractivity contribution in [2.45, 2.75) is 25.9 Å². The summed E-state index contributed by atoms with van der Waals surface area (Å²) in [5.74, 6) is 0. The van der Waals surface area contributed by atoms with E-state index in [0.717, 1.165) is 16.5 Å². The van der Waals surface area contributed by atoms with Crippen molar-refractivity contribution in [1.29, 1.82) is 0 Å². The SMILES string of the molecule is C=C(C)C[C@](C)(O)c1ccc2ccccc2c1. The van der Waals surface area contributed by atoms with E-state index in [9.17, 15) is 5.11 Å². The molecule has 0 fully saturated rings. The summed E-state index contributed by atoms with van der Waals surface area (Å²) in [5, 5.41) is 12.8. The highest BCUT2D eigenvalue weighted by molar-refractivity contribution is 5.83. The molecule has 0 amide bonds. The maximum Gasteiger partial charge on any atom is 0.0905 e. The lowest BCUT2D eigenvalue weighted by atomic mass is 9.88. The van der Waals surface area contributed by atoms with Crippen LogP contribution in [0, 0.1) is 0 Å². The highest BCUT2D eigenvalue weighted by Crippen LogP contribution is 2.29. The second-order valence-electron chi connectivity index (χ2n) is 4.97. The Labute approximate surface area is 102 Å². The molecule has 1 atom stereocenters. The molecule has 0 unspecified atom stereocenters. The first-order chi connectivity index (χ1) is 7.99. The van der Waals surface area contributed by atoms with Gasteiger partial charge in [0.25, 0.3) is 0 Å². The summed E-state index contributed by atoms with van der Waals surface area (Å²) in [4.78, 5) is 0. The quantitative estimate of drug-likeness (QED) is 0.784. The fourth-order valence-electron chi connectivity index (χ4n) is 2.21. The summed E-state index contributed by atoms with van der Waals surface area (Å²) in [6.45, 7) is 7.65. The minimum Gasteiger partial charge on any atom is -0.385 e.